The van der Waals surface area contributed by atoms with Gasteiger partial charge in [0.1, 0.15) is 67.5 Å². The molecule has 0 spiro atoms. The zero-order chi connectivity index (χ0) is 55.9. The highest BCUT2D eigenvalue weighted by Crippen LogP contribution is 2.42. The summed E-state index contributed by atoms with van der Waals surface area (Å²) in [6.45, 7) is 4.55. The molecule has 6 rings (SSSR count). The molecule has 0 radical (unpaired) electrons. The second-order valence-electron chi connectivity index (χ2n) is 17.4. The first-order valence-corrected chi connectivity index (χ1v) is 23.3. The van der Waals surface area contributed by atoms with Crippen molar-refractivity contribution in [3.63, 3.8) is 0 Å². The van der Waals surface area contributed by atoms with Gasteiger partial charge in [-0.25, -0.2) is 0 Å². The topological polar surface area (TPSA) is 475 Å². The van der Waals surface area contributed by atoms with Gasteiger partial charge in [-0.2, -0.15) is 0 Å². The number of nitrogens with zero attached hydrogens (tertiary/aromatic N) is 15. The molecule has 4 aliphatic heterocycles. The molecule has 5 aliphatic rings. The fraction of sp³-hybridized carbons (Fsp3) is 0.714. The van der Waals surface area contributed by atoms with Crippen molar-refractivity contribution in [2.45, 2.75) is 171 Å². The normalized spacial score (nSPS) is 35.1. The molecule has 5 fully saturated rings. The van der Waals surface area contributed by atoms with Gasteiger partial charge in [0.05, 0.1) is 31.3 Å². The molecular formula is C42H51N15O20. The van der Waals surface area contributed by atoms with Gasteiger partial charge in [-0.3, -0.25) is 28.8 Å². The second kappa shape index (κ2) is 27.4. The van der Waals surface area contributed by atoms with Crippen molar-refractivity contribution in [2.24, 2.45) is 25.6 Å². The van der Waals surface area contributed by atoms with E-state index in [2.05, 4.69) is 50.1 Å². The molecule has 1 saturated carbocycles. The molecule has 414 valence electrons. The lowest BCUT2D eigenvalue weighted by Gasteiger charge is -2.50. The van der Waals surface area contributed by atoms with Crippen molar-refractivity contribution in [3.8, 4) is 0 Å². The highest BCUT2D eigenvalue weighted by Gasteiger charge is 2.60. The van der Waals surface area contributed by atoms with Crippen LogP contribution in [0.1, 0.15) is 59.8 Å². The number of azide groups is 5. The van der Waals surface area contributed by atoms with E-state index in [4.69, 9.17) is 66.3 Å². The SMILES string of the molecule is CC(=O)OCC1OC(OC2C(OC(C)=O)[C@H](N=[N+]=[N-])CC(N=[N+]=[N-])[C@H]2O[C@H]2OC3COC(c4ccccc4)OC3C(OC(C)=O)C2N=[N+]=[N-])C(OC(C)=O)C1O[C@H]1OC(CN=[N+]=[N-])[C@@H](OC(C)=O)C(OC(C)=O)C1N=[N+]=[N-]. The molecule has 20 atom stereocenters. The fourth-order valence-electron chi connectivity index (χ4n) is 9.31. The summed E-state index contributed by atoms with van der Waals surface area (Å²) < 4.78 is 84.0. The Morgan fingerprint density at radius 1 is 0.519 bits per heavy atom. The summed E-state index contributed by atoms with van der Waals surface area (Å²) in [4.78, 5) is 90.3. The van der Waals surface area contributed by atoms with E-state index in [1.54, 1.807) is 30.3 Å². The third-order valence-electron chi connectivity index (χ3n) is 12.1. The molecule has 77 heavy (non-hydrogen) atoms. The lowest BCUT2D eigenvalue weighted by atomic mass is 9.83. The number of carbonyl (C=O) groups excluding carboxylic acids is 6. The number of hydrogen-bond donors (Lipinski definition) is 0. The Balaban J connectivity index is 1.45. The van der Waals surface area contributed by atoms with Gasteiger partial charge in [-0.15, -0.1) is 0 Å². The van der Waals surface area contributed by atoms with Gasteiger partial charge in [-0.1, -0.05) is 55.9 Å². The van der Waals surface area contributed by atoms with Crippen LogP contribution in [0.15, 0.2) is 55.9 Å². The van der Waals surface area contributed by atoms with E-state index in [9.17, 15) is 56.4 Å². The molecule has 4 saturated heterocycles. The molecule has 0 bridgehead atoms. The van der Waals surface area contributed by atoms with Crippen LogP contribution in [0.25, 0.3) is 52.2 Å². The number of hydrogen-bond acceptors (Lipinski definition) is 25. The predicted molar refractivity (Wildman–Crippen MR) is 245 cm³/mol. The molecule has 1 aromatic carbocycles. The van der Waals surface area contributed by atoms with Gasteiger partial charge in [0, 0.05) is 71.7 Å². The number of rotatable bonds is 20. The van der Waals surface area contributed by atoms with E-state index in [0.29, 0.717) is 5.56 Å². The first kappa shape index (κ1) is 58.5. The number of fused-ring (bicyclic) bond motifs is 1. The summed E-state index contributed by atoms with van der Waals surface area (Å²) in [5.41, 5.74) is 49.2. The third kappa shape index (κ3) is 14.8. The Morgan fingerprint density at radius 3 is 1.61 bits per heavy atom. The summed E-state index contributed by atoms with van der Waals surface area (Å²) >= 11 is 0. The Hall–Kier alpha value is -7.73. The van der Waals surface area contributed by atoms with Crippen LogP contribution in [0.4, 0.5) is 0 Å². The molecule has 0 amide bonds. The zero-order valence-corrected chi connectivity index (χ0v) is 41.6. The van der Waals surface area contributed by atoms with Crippen molar-refractivity contribution in [3.05, 3.63) is 88.1 Å². The highest BCUT2D eigenvalue weighted by atomic mass is 16.8. The van der Waals surface area contributed by atoms with E-state index in [1.807, 2.05) is 0 Å². The average molecular weight is 1090 g/mol. The second-order valence-corrected chi connectivity index (χ2v) is 17.4. The van der Waals surface area contributed by atoms with E-state index in [1.165, 1.54) is 0 Å². The molecule has 35 nitrogen and oxygen atoms in total. The third-order valence-corrected chi connectivity index (χ3v) is 12.1. The van der Waals surface area contributed by atoms with Crippen LogP contribution in [0.5, 0.6) is 0 Å². The zero-order valence-electron chi connectivity index (χ0n) is 41.6. The summed E-state index contributed by atoms with van der Waals surface area (Å²) in [6.07, 6.45) is -26.2. The quantitative estimate of drug-likeness (QED) is 0.0583. The molecule has 1 aliphatic carbocycles. The summed E-state index contributed by atoms with van der Waals surface area (Å²) in [6, 6.07) is 2.38. The van der Waals surface area contributed by atoms with Crippen molar-refractivity contribution < 1.29 is 95.1 Å². The summed E-state index contributed by atoms with van der Waals surface area (Å²) in [7, 11) is 0. The van der Waals surface area contributed by atoms with Crippen molar-refractivity contribution in [1.82, 2.24) is 0 Å². The van der Waals surface area contributed by atoms with Crippen LogP contribution in [0.2, 0.25) is 0 Å². The maximum absolute atomic E-state index is 13.1. The van der Waals surface area contributed by atoms with Gasteiger partial charge >= 0.3 is 35.8 Å². The minimum Gasteiger partial charge on any atom is -0.463 e. The minimum absolute atomic E-state index is 0.223. The number of benzene rings is 1. The first-order valence-electron chi connectivity index (χ1n) is 23.3. The Morgan fingerprint density at radius 2 is 1.03 bits per heavy atom. The predicted octanol–water partition coefficient (Wildman–Crippen LogP) is 4.08. The van der Waals surface area contributed by atoms with Crippen molar-refractivity contribution >= 4 is 35.8 Å². The van der Waals surface area contributed by atoms with Gasteiger partial charge < -0.3 is 66.3 Å². The number of carbonyl (C=O) groups is 6. The molecule has 15 unspecified atom stereocenters. The molecule has 1 aromatic rings. The standard InChI is InChI=1S/C42H51N15O20/c1-16(58)64-14-26-34(76-40-28(51-56-46)35(68-19(4)61)32(67-18(3)60)25(71-40)13-48-53-43)38(70-21(6)63)42(73-26)77-37-30(66-17(2)59)23(49-54-44)12-24(50-55-45)31(37)74-41-29(52-57-47)36(69-20(5)62)33-27(72-41)15-65-39(75-33)22-10-8-7-9-11-22/h7-11,23-42H,12-15H2,1-6H3/t23-,24?,25?,26?,27?,28?,29?,30?,31-,32-,33?,34?,35?,36?,37?,38?,39?,40-,41-,42?/m1/s1. The Kier molecular flexibility index (Phi) is 20.8. The van der Waals surface area contributed by atoms with E-state index in [0.717, 1.165) is 41.5 Å². The van der Waals surface area contributed by atoms with Crippen molar-refractivity contribution in [2.75, 3.05) is 19.8 Å². The Bertz CT molecular complexity index is 2580. The van der Waals surface area contributed by atoms with Crippen LogP contribution in [0.3, 0.4) is 0 Å². The van der Waals surface area contributed by atoms with Crippen LogP contribution < -0.4 is 0 Å². The fourth-order valence-corrected chi connectivity index (χ4v) is 9.31. The minimum atomic E-state index is -1.98. The molecule has 35 heteroatoms. The van der Waals surface area contributed by atoms with E-state index < -0.39 is 178 Å². The lowest BCUT2D eigenvalue weighted by molar-refractivity contribution is -0.356. The average Bonchev–Trinajstić information content (AvgIpc) is 3.69. The number of esters is 6. The maximum atomic E-state index is 13.1. The van der Waals surface area contributed by atoms with Gasteiger partial charge in [0.15, 0.2) is 43.5 Å². The first-order chi connectivity index (χ1) is 36.9. The smallest absolute Gasteiger partial charge is 0.303 e. The summed E-state index contributed by atoms with van der Waals surface area (Å²) in [5.74, 6) is -5.60. The molecule has 4 heterocycles. The van der Waals surface area contributed by atoms with E-state index >= 15 is 0 Å². The van der Waals surface area contributed by atoms with Gasteiger partial charge in [0.25, 0.3) is 0 Å². The van der Waals surface area contributed by atoms with Crippen molar-refractivity contribution in [1.29, 1.82) is 0 Å². The molecule has 0 N–H and O–H groups in total. The van der Waals surface area contributed by atoms with Gasteiger partial charge in [0.2, 0.25) is 0 Å². The summed E-state index contributed by atoms with van der Waals surface area (Å²) in [5, 5.41) is 18.8. The largest absolute Gasteiger partial charge is 0.463 e. The van der Waals surface area contributed by atoms with E-state index in [-0.39, 0.29) is 6.61 Å². The van der Waals surface area contributed by atoms with Crippen LogP contribution in [0, 0.1) is 0 Å². The molecule has 0 aromatic heterocycles. The lowest BCUT2D eigenvalue weighted by Crippen LogP contribution is -2.65. The molecular weight excluding hydrogens is 1030 g/mol. The van der Waals surface area contributed by atoms with Gasteiger partial charge in [-0.05, 0) is 34.1 Å². The van der Waals surface area contributed by atoms with Crippen LogP contribution in [-0.4, -0.2) is 172 Å². The Labute approximate surface area is 434 Å². The highest BCUT2D eigenvalue weighted by molar-refractivity contribution is 5.68. The maximum Gasteiger partial charge on any atom is 0.303 e. The monoisotopic (exact) mass is 1090 g/mol. The number of ether oxygens (including phenoxy) is 14. The van der Waals surface area contributed by atoms with Crippen LogP contribution >= 0.6 is 0 Å². The van der Waals surface area contributed by atoms with Crippen LogP contribution in [-0.2, 0) is 95.1 Å².